The summed E-state index contributed by atoms with van der Waals surface area (Å²) in [5, 5.41) is 0. The van der Waals surface area contributed by atoms with Gasteiger partial charge >= 0.3 is 6.18 Å². The predicted octanol–water partition coefficient (Wildman–Crippen LogP) is 3.17. The monoisotopic (exact) mass is 332 g/mol. The zero-order valence-electron chi connectivity index (χ0n) is 6.65. The highest BCUT2D eigenvalue weighted by atomic mass is 79.9. The molecule has 0 saturated heterocycles. The number of nitrogens with two attached hydrogens (primary N) is 1. The maximum absolute atomic E-state index is 12.3. The lowest BCUT2D eigenvalue weighted by molar-refractivity contribution is -0.149. The summed E-state index contributed by atoms with van der Waals surface area (Å²) < 4.78 is 37.4. The van der Waals surface area contributed by atoms with Gasteiger partial charge in [0.1, 0.15) is 6.04 Å². The van der Waals surface area contributed by atoms with Crippen LogP contribution in [0.25, 0.3) is 0 Å². The number of alkyl halides is 3. The van der Waals surface area contributed by atoms with Crippen LogP contribution in [-0.2, 0) is 0 Å². The van der Waals surface area contributed by atoms with E-state index in [0.29, 0.717) is 0 Å². The van der Waals surface area contributed by atoms with E-state index in [1.165, 1.54) is 12.4 Å². The van der Waals surface area contributed by atoms with E-state index in [-0.39, 0.29) is 14.5 Å². The molecule has 0 aliphatic heterocycles. The second-order valence-electron chi connectivity index (χ2n) is 2.54. The topological polar surface area (TPSA) is 38.9 Å². The maximum Gasteiger partial charge on any atom is 0.407 e. The molecule has 0 amide bonds. The molecule has 0 aliphatic carbocycles. The molecule has 1 aromatic rings. The van der Waals surface area contributed by atoms with Crippen LogP contribution < -0.4 is 5.73 Å². The van der Waals surface area contributed by atoms with Gasteiger partial charge in [-0.3, -0.25) is 4.98 Å². The van der Waals surface area contributed by atoms with E-state index in [9.17, 15) is 13.2 Å². The van der Waals surface area contributed by atoms with Gasteiger partial charge in [0.25, 0.3) is 0 Å². The fourth-order valence-electron chi connectivity index (χ4n) is 0.882. The number of hydrogen-bond acceptors (Lipinski definition) is 2. The molecule has 78 valence electrons. The summed E-state index contributed by atoms with van der Waals surface area (Å²) in [4.78, 5) is 3.69. The third-order valence-electron chi connectivity index (χ3n) is 1.55. The fraction of sp³-hybridized carbons (Fsp3) is 0.286. The Bertz CT molecular complexity index is 320. The molecule has 1 rings (SSSR count). The number of halogens is 5. The van der Waals surface area contributed by atoms with Gasteiger partial charge in [0.05, 0.1) is 0 Å². The predicted molar refractivity (Wildman–Crippen MR) is 52.6 cm³/mol. The van der Waals surface area contributed by atoms with Crippen LogP contribution in [0.2, 0.25) is 0 Å². The van der Waals surface area contributed by atoms with Gasteiger partial charge in [0.15, 0.2) is 0 Å². The number of pyridine rings is 1. The van der Waals surface area contributed by atoms with E-state index < -0.39 is 12.2 Å². The molecule has 0 aromatic carbocycles. The Balaban J connectivity index is 3.19. The zero-order valence-corrected chi connectivity index (χ0v) is 9.82. The third kappa shape index (κ3) is 2.46. The average Bonchev–Trinajstić information content (AvgIpc) is 2.01. The van der Waals surface area contributed by atoms with E-state index in [1.807, 2.05) is 0 Å². The summed E-state index contributed by atoms with van der Waals surface area (Å²) in [7, 11) is 0. The lowest BCUT2D eigenvalue weighted by atomic mass is 10.1. The van der Waals surface area contributed by atoms with Crippen molar-refractivity contribution in [1.82, 2.24) is 4.98 Å². The first-order chi connectivity index (χ1) is 6.34. The molecule has 2 N–H and O–H groups in total. The highest BCUT2D eigenvalue weighted by Gasteiger charge is 2.39. The first-order valence-corrected chi connectivity index (χ1v) is 5.04. The van der Waals surface area contributed by atoms with E-state index >= 15 is 0 Å². The van der Waals surface area contributed by atoms with Crippen LogP contribution in [0, 0.1) is 0 Å². The van der Waals surface area contributed by atoms with Gasteiger partial charge in [-0.15, -0.1) is 0 Å². The average molecular weight is 334 g/mol. The molecule has 7 heteroatoms. The van der Waals surface area contributed by atoms with Crippen molar-refractivity contribution in [2.45, 2.75) is 12.2 Å². The Morgan fingerprint density at radius 1 is 1.21 bits per heavy atom. The molecule has 0 spiro atoms. The molecule has 2 nitrogen and oxygen atoms in total. The van der Waals surface area contributed by atoms with Crippen LogP contribution in [0.3, 0.4) is 0 Å². The summed E-state index contributed by atoms with van der Waals surface area (Å²) >= 11 is 5.94. The molecule has 1 aromatic heterocycles. The Kier molecular flexibility index (Phi) is 3.54. The third-order valence-corrected chi connectivity index (χ3v) is 2.82. The van der Waals surface area contributed by atoms with Crippen LogP contribution in [0.15, 0.2) is 21.3 Å². The van der Waals surface area contributed by atoms with E-state index in [1.54, 1.807) is 0 Å². The standard InChI is InChI=1S/C7H5Br2F3N2/c8-3-1-14-2-4(9)5(3)6(13)7(10,11)12/h1-2,6H,13H2. The SMILES string of the molecule is NC(c1c(Br)cncc1Br)C(F)(F)F. The second-order valence-corrected chi connectivity index (χ2v) is 4.24. The van der Waals surface area contributed by atoms with Crippen molar-refractivity contribution in [1.29, 1.82) is 0 Å². The zero-order chi connectivity index (χ0) is 10.9. The molecule has 14 heavy (non-hydrogen) atoms. The molecule has 0 fully saturated rings. The smallest absolute Gasteiger partial charge is 0.316 e. The number of rotatable bonds is 1. The lowest BCUT2D eigenvalue weighted by Crippen LogP contribution is -2.29. The van der Waals surface area contributed by atoms with Crippen LogP contribution >= 0.6 is 31.9 Å². The van der Waals surface area contributed by atoms with Gasteiger partial charge in [0, 0.05) is 26.9 Å². The van der Waals surface area contributed by atoms with Crippen LogP contribution in [-0.4, -0.2) is 11.2 Å². The molecule has 1 heterocycles. The van der Waals surface area contributed by atoms with Gasteiger partial charge < -0.3 is 5.73 Å². The largest absolute Gasteiger partial charge is 0.407 e. The van der Waals surface area contributed by atoms with Crippen molar-refractivity contribution < 1.29 is 13.2 Å². The molecule has 0 bridgehead atoms. The van der Waals surface area contributed by atoms with Gasteiger partial charge in [-0.05, 0) is 31.9 Å². The first-order valence-electron chi connectivity index (χ1n) is 3.45. The molecular weight excluding hydrogens is 329 g/mol. The van der Waals surface area contributed by atoms with Crippen molar-refractivity contribution >= 4 is 31.9 Å². The fourth-order valence-corrected chi connectivity index (χ4v) is 2.30. The van der Waals surface area contributed by atoms with E-state index in [0.717, 1.165) is 0 Å². The minimum atomic E-state index is -4.47. The molecule has 0 radical (unpaired) electrons. The van der Waals surface area contributed by atoms with Crippen molar-refractivity contribution in [2.24, 2.45) is 5.73 Å². The van der Waals surface area contributed by atoms with Crippen molar-refractivity contribution in [3.8, 4) is 0 Å². The summed E-state index contributed by atoms with van der Waals surface area (Å²) in [6.07, 6.45) is -1.93. The Morgan fingerprint density at radius 2 is 1.64 bits per heavy atom. The van der Waals surface area contributed by atoms with Gasteiger partial charge in [0.2, 0.25) is 0 Å². The van der Waals surface area contributed by atoms with Crippen molar-refractivity contribution in [2.75, 3.05) is 0 Å². The minimum absolute atomic E-state index is 0.0486. The number of nitrogens with zero attached hydrogens (tertiary/aromatic N) is 1. The first kappa shape index (κ1) is 11.9. The lowest BCUT2D eigenvalue weighted by Gasteiger charge is -2.18. The molecule has 0 saturated carbocycles. The van der Waals surface area contributed by atoms with Crippen LogP contribution in [0.1, 0.15) is 11.6 Å². The minimum Gasteiger partial charge on any atom is -0.316 e. The number of aromatic nitrogens is 1. The Labute approximate surface area is 95.0 Å². The normalized spacial score (nSPS) is 14.1. The summed E-state index contributed by atoms with van der Waals surface area (Å²) in [6.45, 7) is 0. The van der Waals surface area contributed by atoms with Crippen LogP contribution in [0.4, 0.5) is 13.2 Å². The molecular formula is C7H5Br2F3N2. The van der Waals surface area contributed by atoms with Crippen molar-refractivity contribution in [3.63, 3.8) is 0 Å². The Hall–Kier alpha value is -0.140. The van der Waals surface area contributed by atoms with Gasteiger partial charge in [-0.1, -0.05) is 0 Å². The van der Waals surface area contributed by atoms with E-state index in [4.69, 9.17) is 5.73 Å². The second kappa shape index (κ2) is 4.16. The summed E-state index contributed by atoms with van der Waals surface area (Å²) in [5.41, 5.74) is 5.01. The quantitative estimate of drug-likeness (QED) is 0.857. The van der Waals surface area contributed by atoms with Crippen LogP contribution in [0.5, 0.6) is 0 Å². The summed E-state index contributed by atoms with van der Waals surface area (Å²) in [6, 6.07) is -2.02. The highest BCUT2D eigenvalue weighted by Crippen LogP contribution is 2.37. The Morgan fingerprint density at radius 3 is 2.00 bits per heavy atom. The van der Waals surface area contributed by atoms with Crippen molar-refractivity contribution in [3.05, 3.63) is 26.9 Å². The molecule has 1 unspecified atom stereocenters. The summed E-state index contributed by atoms with van der Waals surface area (Å²) in [5.74, 6) is 0. The molecule has 1 atom stereocenters. The maximum atomic E-state index is 12.3. The molecule has 0 aliphatic rings. The number of hydrogen-bond donors (Lipinski definition) is 1. The van der Waals surface area contributed by atoms with Gasteiger partial charge in [-0.2, -0.15) is 13.2 Å². The van der Waals surface area contributed by atoms with Gasteiger partial charge in [-0.25, -0.2) is 0 Å². The van der Waals surface area contributed by atoms with E-state index in [2.05, 4.69) is 36.8 Å². The highest BCUT2D eigenvalue weighted by molar-refractivity contribution is 9.11.